The Balaban J connectivity index is 3.25. The topological polar surface area (TPSA) is 57.1 Å². The van der Waals surface area contributed by atoms with Gasteiger partial charge in [-0.25, -0.2) is 0 Å². The molecule has 1 amide bonds. The van der Waals surface area contributed by atoms with E-state index in [1.807, 2.05) is 47.6 Å². The molecule has 0 aliphatic heterocycles. The van der Waals surface area contributed by atoms with Gasteiger partial charge >= 0.3 is 7.74 Å². The van der Waals surface area contributed by atoms with Crippen molar-refractivity contribution in [1.82, 2.24) is 0 Å². The summed E-state index contributed by atoms with van der Waals surface area (Å²) in [5.74, 6) is -0.393. The first-order chi connectivity index (χ1) is 10.2. The van der Waals surface area contributed by atoms with Gasteiger partial charge in [0.25, 0.3) is 5.91 Å². The van der Waals surface area contributed by atoms with Crippen LogP contribution < -0.4 is 0 Å². The molecule has 0 unspecified atom stereocenters. The Hall–Kier alpha value is -1.00. The molecular weight excluding hydrogens is 301 g/mol. The Morgan fingerprint density at radius 1 is 0.864 bits per heavy atom. The predicted molar refractivity (Wildman–Crippen MR) is 88.8 cm³/mol. The van der Waals surface area contributed by atoms with Crippen LogP contribution >= 0.6 is 7.74 Å². The summed E-state index contributed by atoms with van der Waals surface area (Å²) in [4.78, 5) is 12.4. The van der Waals surface area contributed by atoms with Gasteiger partial charge in [-0.2, -0.15) is 4.74 Å². The van der Waals surface area contributed by atoms with E-state index in [9.17, 15) is 4.79 Å². The molecule has 0 aliphatic carbocycles. The zero-order valence-electron chi connectivity index (χ0n) is 14.1. The third kappa shape index (κ3) is 6.41. The fourth-order valence-corrected chi connectivity index (χ4v) is 3.92. The molecule has 0 fully saturated rings. The zero-order chi connectivity index (χ0) is 16.8. The summed E-state index contributed by atoms with van der Waals surface area (Å²) in [6.07, 6.45) is -0.505. The second kappa shape index (κ2) is 8.59. The van der Waals surface area contributed by atoms with Gasteiger partial charge in [-0.3, -0.25) is 18.4 Å². The Morgan fingerprint density at radius 2 is 1.27 bits per heavy atom. The lowest BCUT2D eigenvalue weighted by Crippen LogP contribution is -2.14. The van der Waals surface area contributed by atoms with Crippen molar-refractivity contribution in [3.05, 3.63) is 35.9 Å². The van der Waals surface area contributed by atoms with E-state index in [1.54, 1.807) is 24.3 Å². The van der Waals surface area contributed by atoms with Gasteiger partial charge in [0.1, 0.15) is 0 Å². The van der Waals surface area contributed by atoms with Crippen LogP contribution in [0.2, 0.25) is 0 Å². The lowest BCUT2D eigenvalue weighted by Gasteiger charge is -2.28. The molecule has 5 nitrogen and oxygen atoms in total. The molecule has 0 saturated heterocycles. The minimum Gasteiger partial charge on any atom is -0.300 e. The molecule has 0 aliphatic rings. The van der Waals surface area contributed by atoms with Gasteiger partial charge in [0.05, 0.1) is 18.3 Å². The number of carbonyl (C=O) groups excluding carboxylic acids is 1. The number of rotatable bonds is 7. The molecule has 6 heteroatoms. The fourth-order valence-electron chi connectivity index (χ4n) is 1.69. The van der Waals surface area contributed by atoms with Gasteiger partial charge in [-0.15, -0.1) is 0 Å². The molecule has 1 aromatic carbocycles. The van der Waals surface area contributed by atoms with Crippen molar-refractivity contribution in [2.45, 2.75) is 59.9 Å². The van der Waals surface area contributed by atoms with E-state index in [0.717, 1.165) is 0 Å². The molecule has 0 heterocycles. The average Bonchev–Trinajstić information content (AvgIpc) is 2.36. The quantitative estimate of drug-likeness (QED) is 0.658. The molecule has 0 spiro atoms. The number of carbonyl (C=O) groups is 1. The first-order valence-corrected chi connectivity index (χ1v) is 9.00. The lowest BCUT2D eigenvalue weighted by atomic mass is 10.2. The normalized spacial score (nSPS) is 12.2. The minimum absolute atomic E-state index is 0.168. The molecule has 0 bridgehead atoms. The van der Waals surface area contributed by atoms with Crippen LogP contribution in [-0.4, -0.2) is 24.2 Å². The first kappa shape index (κ1) is 19.0. The molecule has 0 radical (unpaired) electrons. The first-order valence-electron chi connectivity index (χ1n) is 7.51. The summed E-state index contributed by atoms with van der Waals surface area (Å²) < 4.78 is 21.7. The van der Waals surface area contributed by atoms with Crippen LogP contribution in [-0.2, 0) is 13.6 Å². The second-order valence-corrected chi connectivity index (χ2v) is 7.47. The summed E-state index contributed by atoms with van der Waals surface area (Å²) in [6.45, 7) is 11.2. The Morgan fingerprint density at radius 3 is 1.64 bits per heavy atom. The molecule has 1 rings (SSSR count). The average molecular weight is 327 g/mol. The highest BCUT2D eigenvalue weighted by molar-refractivity contribution is 7.51. The Bertz CT molecular complexity index is 493. The highest BCUT2D eigenvalue weighted by atomic mass is 31.2. The van der Waals surface area contributed by atoms with Crippen molar-refractivity contribution in [2.24, 2.45) is 4.74 Å². The standard InChI is InChI=1S/C16H26NO4P/c1-12(2)19-22(20-13(3)4,21-14(5)6)17-16(18)15-10-8-7-9-11-15/h7-14H,1-6H3. The van der Waals surface area contributed by atoms with Gasteiger partial charge in [0.2, 0.25) is 0 Å². The monoisotopic (exact) mass is 327 g/mol. The van der Waals surface area contributed by atoms with Crippen molar-refractivity contribution in [3.8, 4) is 0 Å². The minimum atomic E-state index is -3.11. The molecule has 0 saturated carbocycles. The molecule has 0 N–H and O–H groups in total. The molecule has 124 valence electrons. The van der Waals surface area contributed by atoms with E-state index in [2.05, 4.69) is 4.74 Å². The summed E-state index contributed by atoms with van der Waals surface area (Å²) in [7, 11) is -3.11. The molecule has 22 heavy (non-hydrogen) atoms. The third-order valence-corrected chi connectivity index (χ3v) is 4.76. The highest BCUT2D eigenvalue weighted by Gasteiger charge is 2.30. The largest absolute Gasteiger partial charge is 0.364 e. The summed E-state index contributed by atoms with van der Waals surface area (Å²) in [5.41, 5.74) is 0.485. The number of hydrogen-bond acceptors (Lipinski definition) is 4. The third-order valence-electron chi connectivity index (χ3n) is 2.27. The van der Waals surface area contributed by atoms with E-state index < -0.39 is 13.6 Å². The molecule has 1 aromatic rings. The highest BCUT2D eigenvalue weighted by Crippen LogP contribution is 2.56. The fraction of sp³-hybridized carbons (Fsp3) is 0.562. The lowest BCUT2D eigenvalue weighted by molar-refractivity contribution is 0.0795. The van der Waals surface area contributed by atoms with E-state index >= 15 is 0 Å². The van der Waals surface area contributed by atoms with Crippen molar-refractivity contribution >= 4 is 13.6 Å². The Labute approximate surface area is 133 Å². The van der Waals surface area contributed by atoms with Crippen LogP contribution in [0, 0.1) is 0 Å². The van der Waals surface area contributed by atoms with Gasteiger partial charge < -0.3 is 0 Å². The van der Waals surface area contributed by atoms with Crippen molar-refractivity contribution in [1.29, 1.82) is 0 Å². The molecule has 0 atom stereocenters. The zero-order valence-corrected chi connectivity index (χ0v) is 15.0. The van der Waals surface area contributed by atoms with Crippen LogP contribution in [0.25, 0.3) is 0 Å². The van der Waals surface area contributed by atoms with E-state index in [4.69, 9.17) is 13.6 Å². The maximum atomic E-state index is 12.4. The van der Waals surface area contributed by atoms with Crippen LogP contribution in [0.15, 0.2) is 35.1 Å². The van der Waals surface area contributed by atoms with Crippen LogP contribution in [0.3, 0.4) is 0 Å². The second-order valence-electron chi connectivity index (χ2n) is 5.70. The number of nitrogens with zero attached hydrogens (tertiary/aromatic N) is 1. The summed E-state index contributed by atoms with van der Waals surface area (Å²) in [5, 5.41) is 0. The predicted octanol–water partition coefficient (Wildman–Crippen LogP) is 5.05. The van der Waals surface area contributed by atoms with Gasteiger partial charge in [0.15, 0.2) is 0 Å². The maximum Gasteiger partial charge on any atom is 0.364 e. The van der Waals surface area contributed by atoms with Crippen LogP contribution in [0.1, 0.15) is 51.9 Å². The van der Waals surface area contributed by atoms with Crippen molar-refractivity contribution < 1.29 is 18.4 Å². The smallest absolute Gasteiger partial charge is 0.300 e. The van der Waals surface area contributed by atoms with Gasteiger partial charge in [-0.05, 0) is 53.7 Å². The number of hydrogen-bond donors (Lipinski definition) is 0. The van der Waals surface area contributed by atoms with Crippen molar-refractivity contribution in [3.63, 3.8) is 0 Å². The van der Waals surface area contributed by atoms with E-state index in [1.165, 1.54) is 0 Å². The Kier molecular flexibility index (Phi) is 7.43. The van der Waals surface area contributed by atoms with Crippen LogP contribution in [0.4, 0.5) is 0 Å². The van der Waals surface area contributed by atoms with E-state index in [0.29, 0.717) is 5.56 Å². The summed E-state index contributed by atoms with van der Waals surface area (Å²) >= 11 is 0. The summed E-state index contributed by atoms with van der Waals surface area (Å²) in [6, 6.07) is 8.85. The SMILES string of the molecule is CC(C)OP(=NC(=O)c1ccccc1)(OC(C)C)OC(C)C. The van der Waals surface area contributed by atoms with Crippen LogP contribution in [0.5, 0.6) is 0 Å². The van der Waals surface area contributed by atoms with Crippen molar-refractivity contribution in [2.75, 3.05) is 0 Å². The molecular formula is C16H26NO4P. The number of amides is 1. The molecule has 0 aromatic heterocycles. The van der Waals surface area contributed by atoms with Gasteiger partial charge in [-0.1, -0.05) is 18.2 Å². The maximum absolute atomic E-state index is 12.4. The number of benzene rings is 1. The van der Waals surface area contributed by atoms with E-state index in [-0.39, 0.29) is 18.3 Å². The van der Waals surface area contributed by atoms with Gasteiger partial charge in [0, 0.05) is 5.56 Å².